The van der Waals surface area contributed by atoms with Gasteiger partial charge in [-0.1, -0.05) is 49.4 Å². The van der Waals surface area contributed by atoms with Crippen LogP contribution in [-0.4, -0.2) is 24.2 Å². The van der Waals surface area contributed by atoms with Crippen LogP contribution in [0.2, 0.25) is 0 Å². The molecule has 1 aliphatic heterocycles. The van der Waals surface area contributed by atoms with Gasteiger partial charge in [0.05, 0.1) is 12.0 Å². The van der Waals surface area contributed by atoms with Gasteiger partial charge in [-0.15, -0.1) is 0 Å². The summed E-state index contributed by atoms with van der Waals surface area (Å²) in [6, 6.07) is 16.2. The Labute approximate surface area is 162 Å². The molecule has 1 aliphatic rings. The minimum Gasteiger partial charge on any atom is -0.497 e. The summed E-state index contributed by atoms with van der Waals surface area (Å²) in [5.41, 5.74) is 2.07. The number of benzene rings is 2. The third kappa shape index (κ3) is 3.98. The Morgan fingerprint density at radius 2 is 1.82 bits per heavy atom. The lowest BCUT2D eigenvalue weighted by atomic mass is 9.89. The number of rotatable bonds is 7. The van der Waals surface area contributed by atoms with Gasteiger partial charge in [-0.25, -0.2) is 4.79 Å². The van der Waals surface area contributed by atoms with Crippen LogP contribution in [0.1, 0.15) is 30.4 Å². The van der Waals surface area contributed by atoms with Gasteiger partial charge in [0, 0.05) is 0 Å². The number of hydrogen-bond donors (Lipinski definition) is 0. The first kappa shape index (κ1) is 19.4. The number of methoxy groups -OCH3 is 1. The van der Waals surface area contributed by atoms with Crippen molar-refractivity contribution in [1.29, 1.82) is 0 Å². The summed E-state index contributed by atoms with van der Waals surface area (Å²) in [5.74, 6) is -0.778. The van der Waals surface area contributed by atoms with Gasteiger partial charge in [0.15, 0.2) is 0 Å². The molecule has 28 heavy (non-hydrogen) atoms. The smallest absolute Gasteiger partial charge is 0.374 e. The molecule has 1 heterocycles. The molecular formula is C21H21NO6. The van der Waals surface area contributed by atoms with Crippen molar-refractivity contribution in [1.82, 2.24) is 0 Å². The second-order valence-corrected chi connectivity index (χ2v) is 6.31. The van der Waals surface area contributed by atoms with Crippen molar-refractivity contribution in [3.63, 3.8) is 0 Å². The molecule has 0 spiro atoms. The molecule has 0 unspecified atom stereocenters. The van der Waals surface area contributed by atoms with Crippen LogP contribution in [0.25, 0.3) is 0 Å². The fraction of sp³-hybridized carbons (Fsp3) is 0.286. The number of ether oxygens (including phenoxy) is 3. The molecule has 0 fully saturated rings. The van der Waals surface area contributed by atoms with E-state index in [1.165, 1.54) is 0 Å². The van der Waals surface area contributed by atoms with Crippen LogP contribution in [-0.2, 0) is 20.9 Å². The zero-order valence-corrected chi connectivity index (χ0v) is 15.7. The van der Waals surface area contributed by atoms with Crippen LogP contribution in [0.3, 0.4) is 0 Å². The van der Waals surface area contributed by atoms with Crippen LogP contribution < -0.4 is 4.74 Å². The van der Waals surface area contributed by atoms with Gasteiger partial charge in [0.2, 0.25) is 5.76 Å². The third-order valence-electron chi connectivity index (χ3n) is 4.65. The van der Waals surface area contributed by atoms with Gasteiger partial charge >= 0.3 is 12.2 Å². The van der Waals surface area contributed by atoms with E-state index in [1.54, 1.807) is 31.4 Å². The van der Waals surface area contributed by atoms with Crippen molar-refractivity contribution in [2.45, 2.75) is 32.1 Å². The average molecular weight is 383 g/mol. The minimum absolute atomic E-state index is 0.0686. The molecular weight excluding hydrogens is 362 g/mol. The highest BCUT2D eigenvalue weighted by atomic mass is 16.7. The molecule has 0 saturated heterocycles. The number of nitro groups is 1. The molecule has 0 N–H and O–H groups in total. The van der Waals surface area contributed by atoms with E-state index in [2.05, 4.69) is 0 Å². The van der Waals surface area contributed by atoms with Crippen LogP contribution in [0.4, 0.5) is 0 Å². The van der Waals surface area contributed by atoms with Crippen LogP contribution in [0, 0.1) is 10.1 Å². The molecule has 146 valence electrons. The topological polar surface area (TPSA) is 87.9 Å². The Bertz CT molecular complexity index is 876. The maximum absolute atomic E-state index is 12.6. The molecule has 2 atom stereocenters. The van der Waals surface area contributed by atoms with Gasteiger partial charge in [-0.2, -0.15) is 0 Å². The second-order valence-electron chi connectivity index (χ2n) is 6.31. The van der Waals surface area contributed by atoms with E-state index in [0.29, 0.717) is 23.3 Å². The predicted octanol–water partition coefficient (Wildman–Crippen LogP) is 3.82. The lowest BCUT2D eigenvalue weighted by Crippen LogP contribution is -2.26. The monoisotopic (exact) mass is 383 g/mol. The van der Waals surface area contributed by atoms with E-state index < -0.39 is 23.0 Å². The lowest BCUT2D eigenvalue weighted by molar-refractivity contribution is -0.570. The van der Waals surface area contributed by atoms with Crippen molar-refractivity contribution < 1.29 is 23.9 Å². The van der Waals surface area contributed by atoms with Gasteiger partial charge in [0.25, 0.3) is 0 Å². The first-order chi connectivity index (χ1) is 13.5. The molecule has 0 saturated carbocycles. The van der Waals surface area contributed by atoms with Gasteiger partial charge in [0.1, 0.15) is 18.3 Å². The minimum atomic E-state index is -1.37. The summed E-state index contributed by atoms with van der Waals surface area (Å²) in [4.78, 5) is 23.7. The maximum Gasteiger partial charge on any atom is 0.374 e. The van der Waals surface area contributed by atoms with Crippen molar-refractivity contribution in [3.8, 4) is 5.75 Å². The van der Waals surface area contributed by atoms with Crippen LogP contribution in [0.5, 0.6) is 5.75 Å². The van der Waals surface area contributed by atoms with Crippen LogP contribution in [0.15, 0.2) is 65.9 Å². The van der Waals surface area contributed by atoms with E-state index in [-0.39, 0.29) is 12.4 Å². The van der Waals surface area contributed by atoms with Crippen molar-refractivity contribution in [2.75, 3.05) is 7.11 Å². The zero-order chi connectivity index (χ0) is 20.1. The first-order valence-corrected chi connectivity index (χ1v) is 8.93. The summed E-state index contributed by atoms with van der Waals surface area (Å²) in [6.45, 7) is 1.90. The third-order valence-corrected chi connectivity index (χ3v) is 4.65. The molecule has 2 aromatic carbocycles. The van der Waals surface area contributed by atoms with Gasteiger partial charge < -0.3 is 14.2 Å². The molecule has 7 heteroatoms. The normalized spacial score (nSPS) is 18.5. The largest absolute Gasteiger partial charge is 0.497 e. The lowest BCUT2D eigenvalue weighted by Gasteiger charge is -2.15. The number of carbonyl (C=O) groups is 1. The summed E-state index contributed by atoms with van der Waals surface area (Å²) in [7, 11) is 1.55. The second kappa shape index (κ2) is 8.56. The van der Waals surface area contributed by atoms with Crippen molar-refractivity contribution >= 4 is 5.97 Å². The van der Waals surface area contributed by atoms with E-state index in [1.807, 2.05) is 37.3 Å². The van der Waals surface area contributed by atoms with E-state index in [4.69, 9.17) is 14.2 Å². The fourth-order valence-electron chi connectivity index (χ4n) is 3.27. The quantitative estimate of drug-likeness (QED) is 0.410. The Balaban J connectivity index is 1.87. The highest BCUT2D eigenvalue weighted by Crippen LogP contribution is 2.41. The molecule has 0 aliphatic carbocycles. The Morgan fingerprint density at radius 3 is 2.39 bits per heavy atom. The Morgan fingerprint density at radius 1 is 1.14 bits per heavy atom. The van der Waals surface area contributed by atoms with Gasteiger partial charge in [-0.05, 0) is 35.3 Å². The average Bonchev–Trinajstić information content (AvgIpc) is 3.13. The number of nitrogens with zero attached hydrogens (tertiary/aromatic N) is 1. The highest BCUT2D eigenvalue weighted by Gasteiger charge is 2.47. The molecule has 2 aromatic rings. The number of carbonyl (C=O) groups excluding carboxylic acids is 1. The Hall–Kier alpha value is -3.35. The zero-order valence-electron chi connectivity index (χ0n) is 15.7. The standard InChI is InChI=1S/C21H21NO6/c1-3-17-18(15-9-11-16(26-2)12-10-15)20(22(24)25)28-19(17)21(23)27-13-14-7-5-4-6-8-14/h4-12,18,20H,3,13H2,1-2H3/t18-,20-/m1/s1. The molecule has 0 aromatic heterocycles. The Kier molecular flexibility index (Phi) is 5.93. The van der Waals surface area contributed by atoms with E-state index >= 15 is 0 Å². The SMILES string of the molecule is CCC1=C(C(=O)OCc2ccccc2)O[C@@H]([N+](=O)[O-])[C@@H]1c1ccc(OC)cc1. The van der Waals surface area contributed by atoms with E-state index in [9.17, 15) is 14.9 Å². The van der Waals surface area contributed by atoms with E-state index in [0.717, 1.165) is 5.56 Å². The van der Waals surface area contributed by atoms with Gasteiger partial charge in [-0.3, -0.25) is 10.1 Å². The molecule has 7 nitrogen and oxygen atoms in total. The fourth-order valence-corrected chi connectivity index (χ4v) is 3.27. The summed E-state index contributed by atoms with van der Waals surface area (Å²) >= 11 is 0. The predicted molar refractivity (Wildman–Crippen MR) is 101 cm³/mol. The molecule has 0 bridgehead atoms. The van der Waals surface area contributed by atoms with Crippen LogP contribution >= 0.6 is 0 Å². The molecule has 0 radical (unpaired) electrons. The highest BCUT2D eigenvalue weighted by molar-refractivity contribution is 5.88. The van der Waals surface area contributed by atoms with Crippen molar-refractivity contribution in [3.05, 3.63) is 87.2 Å². The number of hydrogen-bond acceptors (Lipinski definition) is 6. The molecule has 3 rings (SSSR count). The molecule has 0 amide bonds. The summed E-state index contributed by atoms with van der Waals surface area (Å²) < 4.78 is 15.9. The summed E-state index contributed by atoms with van der Waals surface area (Å²) in [6.07, 6.45) is -0.945. The summed E-state index contributed by atoms with van der Waals surface area (Å²) in [5, 5.41) is 11.6. The number of esters is 1. The first-order valence-electron chi connectivity index (χ1n) is 8.93. The maximum atomic E-state index is 12.6. The van der Waals surface area contributed by atoms with Crippen molar-refractivity contribution in [2.24, 2.45) is 0 Å².